The highest BCUT2D eigenvalue weighted by atomic mass is 35.5. The van der Waals surface area contributed by atoms with Crippen LogP contribution in [0.2, 0.25) is 10.0 Å². The predicted octanol–water partition coefficient (Wildman–Crippen LogP) is 5.80. The second-order valence-corrected chi connectivity index (χ2v) is 6.19. The molecule has 2 rings (SSSR count). The number of nitrogens with zero attached hydrogens (tertiary/aromatic N) is 1. The van der Waals surface area contributed by atoms with Gasteiger partial charge < -0.3 is 0 Å². The first kappa shape index (κ1) is 16.4. The lowest BCUT2D eigenvalue weighted by molar-refractivity contribution is 0.252. The Hall–Kier alpha value is -1.02. The van der Waals surface area contributed by atoms with Crippen LogP contribution in [0.5, 0.6) is 0 Å². The zero-order valence-electron chi connectivity index (χ0n) is 12.4. The summed E-state index contributed by atoms with van der Waals surface area (Å²) in [6, 6.07) is 16.2. The Morgan fingerprint density at radius 2 is 1.19 bits per heavy atom. The van der Waals surface area contributed by atoms with Crippen molar-refractivity contribution < 1.29 is 0 Å². The van der Waals surface area contributed by atoms with E-state index in [0.717, 1.165) is 29.7 Å². The fraction of sp³-hybridized carbons (Fsp3) is 0.333. The number of unbranched alkanes of at least 4 members (excludes halogenated alkanes) is 1. The first-order valence-corrected chi connectivity index (χ1v) is 8.14. The van der Waals surface area contributed by atoms with Crippen molar-refractivity contribution in [1.82, 2.24) is 4.90 Å². The first-order chi connectivity index (χ1) is 10.2. The van der Waals surface area contributed by atoms with Gasteiger partial charge in [0.2, 0.25) is 0 Å². The van der Waals surface area contributed by atoms with Crippen molar-refractivity contribution in [3.8, 4) is 0 Å². The van der Waals surface area contributed by atoms with E-state index < -0.39 is 0 Å². The van der Waals surface area contributed by atoms with Gasteiger partial charge in [-0.1, -0.05) is 60.8 Å². The molecule has 0 heterocycles. The van der Waals surface area contributed by atoms with E-state index in [2.05, 4.69) is 36.1 Å². The van der Waals surface area contributed by atoms with Crippen LogP contribution in [-0.4, -0.2) is 11.4 Å². The van der Waals surface area contributed by atoms with Crippen molar-refractivity contribution >= 4 is 23.2 Å². The normalized spacial score (nSPS) is 11.0. The molecule has 0 amide bonds. The fourth-order valence-corrected chi connectivity index (χ4v) is 2.54. The molecule has 0 aliphatic carbocycles. The molecule has 0 saturated carbocycles. The fourth-order valence-electron chi connectivity index (χ4n) is 2.29. The van der Waals surface area contributed by atoms with E-state index in [1.54, 1.807) is 0 Å². The molecule has 0 N–H and O–H groups in total. The highest BCUT2D eigenvalue weighted by Crippen LogP contribution is 2.16. The van der Waals surface area contributed by atoms with Crippen molar-refractivity contribution in [2.45, 2.75) is 32.9 Å². The first-order valence-electron chi connectivity index (χ1n) is 7.38. The van der Waals surface area contributed by atoms with Crippen LogP contribution in [0.25, 0.3) is 0 Å². The minimum absolute atomic E-state index is 0.788. The third kappa shape index (κ3) is 5.70. The van der Waals surface area contributed by atoms with Gasteiger partial charge in [0, 0.05) is 23.1 Å². The maximum Gasteiger partial charge on any atom is 0.0406 e. The zero-order chi connectivity index (χ0) is 15.1. The maximum absolute atomic E-state index is 5.95. The van der Waals surface area contributed by atoms with Gasteiger partial charge in [0.25, 0.3) is 0 Å². The van der Waals surface area contributed by atoms with Crippen molar-refractivity contribution in [2.75, 3.05) is 6.54 Å². The number of hydrogen-bond acceptors (Lipinski definition) is 1. The van der Waals surface area contributed by atoms with Crippen LogP contribution in [0.3, 0.4) is 0 Å². The van der Waals surface area contributed by atoms with Gasteiger partial charge in [0.1, 0.15) is 0 Å². The number of halogens is 2. The summed E-state index contributed by atoms with van der Waals surface area (Å²) in [4.78, 5) is 2.47. The smallest absolute Gasteiger partial charge is 0.0406 e. The summed E-state index contributed by atoms with van der Waals surface area (Å²) in [6.45, 7) is 5.21. The molecule has 2 aromatic rings. The van der Waals surface area contributed by atoms with Crippen LogP contribution in [-0.2, 0) is 13.1 Å². The number of rotatable bonds is 7. The molecule has 0 unspecified atom stereocenters. The molecule has 0 spiro atoms. The van der Waals surface area contributed by atoms with Crippen LogP contribution in [0.15, 0.2) is 48.5 Å². The Labute approximate surface area is 137 Å². The quantitative estimate of drug-likeness (QED) is 0.623. The summed E-state index contributed by atoms with van der Waals surface area (Å²) in [5, 5.41) is 1.58. The summed E-state index contributed by atoms with van der Waals surface area (Å²) < 4.78 is 0. The molecule has 2 aromatic carbocycles. The van der Waals surface area contributed by atoms with Gasteiger partial charge in [-0.3, -0.25) is 4.90 Å². The van der Waals surface area contributed by atoms with E-state index in [4.69, 9.17) is 23.2 Å². The van der Waals surface area contributed by atoms with E-state index in [1.165, 1.54) is 24.0 Å². The second-order valence-electron chi connectivity index (χ2n) is 5.32. The van der Waals surface area contributed by atoms with Crippen LogP contribution in [0.1, 0.15) is 30.9 Å². The maximum atomic E-state index is 5.95. The van der Waals surface area contributed by atoms with Gasteiger partial charge >= 0.3 is 0 Å². The molecule has 0 fully saturated rings. The SMILES string of the molecule is CCCCN(Cc1ccc(Cl)cc1)Cc1ccc(Cl)cc1. The summed E-state index contributed by atoms with van der Waals surface area (Å²) >= 11 is 11.9. The van der Waals surface area contributed by atoms with Gasteiger partial charge in [-0.15, -0.1) is 0 Å². The van der Waals surface area contributed by atoms with Crippen LogP contribution in [0.4, 0.5) is 0 Å². The molecule has 3 heteroatoms. The minimum atomic E-state index is 0.788. The second kappa shape index (κ2) is 8.43. The van der Waals surface area contributed by atoms with Crippen molar-refractivity contribution in [3.05, 3.63) is 69.7 Å². The lowest BCUT2D eigenvalue weighted by atomic mass is 10.1. The molecule has 0 radical (unpaired) electrons. The summed E-state index contributed by atoms with van der Waals surface area (Å²) in [6.07, 6.45) is 2.42. The van der Waals surface area contributed by atoms with Gasteiger partial charge in [-0.25, -0.2) is 0 Å². The summed E-state index contributed by atoms with van der Waals surface area (Å²) in [7, 11) is 0. The molecule has 0 bridgehead atoms. The Balaban J connectivity index is 2.02. The van der Waals surface area contributed by atoms with Crippen molar-refractivity contribution in [2.24, 2.45) is 0 Å². The lowest BCUT2D eigenvalue weighted by Crippen LogP contribution is -2.23. The average molecular weight is 322 g/mol. The molecular weight excluding hydrogens is 301 g/mol. The molecular formula is C18H21Cl2N. The third-order valence-corrected chi connectivity index (χ3v) is 3.97. The van der Waals surface area contributed by atoms with E-state index >= 15 is 0 Å². The average Bonchev–Trinajstić information content (AvgIpc) is 2.49. The molecule has 0 saturated heterocycles. The highest BCUT2D eigenvalue weighted by molar-refractivity contribution is 6.30. The molecule has 112 valence electrons. The van der Waals surface area contributed by atoms with Crippen molar-refractivity contribution in [1.29, 1.82) is 0 Å². The van der Waals surface area contributed by atoms with Gasteiger partial charge in [-0.2, -0.15) is 0 Å². The van der Waals surface area contributed by atoms with Crippen LogP contribution >= 0.6 is 23.2 Å². The molecule has 0 atom stereocenters. The largest absolute Gasteiger partial charge is 0.295 e. The Kier molecular flexibility index (Phi) is 6.56. The van der Waals surface area contributed by atoms with Gasteiger partial charge in [0.15, 0.2) is 0 Å². The zero-order valence-corrected chi connectivity index (χ0v) is 13.9. The summed E-state index contributed by atoms with van der Waals surface area (Å²) in [5.41, 5.74) is 2.59. The predicted molar refractivity (Wildman–Crippen MR) is 91.9 cm³/mol. The van der Waals surface area contributed by atoms with E-state index in [1.807, 2.05) is 24.3 Å². The third-order valence-electron chi connectivity index (χ3n) is 3.47. The topological polar surface area (TPSA) is 3.24 Å². The van der Waals surface area contributed by atoms with Crippen molar-refractivity contribution in [3.63, 3.8) is 0 Å². The van der Waals surface area contributed by atoms with E-state index in [0.29, 0.717) is 0 Å². The van der Waals surface area contributed by atoms with Gasteiger partial charge in [0.05, 0.1) is 0 Å². The standard InChI is InChI=1S/C18H21Cl2N/c1-2-3-12-21(13-15-4-8-17(19)9-5-15)14-16-6-10-18(20)11-7-16/h4-11H,2-3,12-14H2,1H3. The number of benzene rings is 2. The van der Waals surface area contributed by atoms with E-state index in [-0.39, 0.29) is 0 Å². The van der Waals surface area contributed by atoms with Gasteiger partial charge in [-0.05, 0) is 48.4 Å². The molecule has 0 aliphatic heterocycles. The molecule has 0 aliphatic rings. The molecule has 1 nitrogen and oxygen atoms in total. The Bertz CT molecular complexity index is 487. The van der Waals surface area contributed by atoms with E-state index in [9.17, 15) is 0 Å². The number of hydrogen-bond donors (Lipinski definition) is 0. The lowest BCUT2D eigenvalue weighted by Gasteiger charge is -2.22. The van der Waals surface area contributed by atoms with Crippen LogP contribution < -0.4 is 0 Å². The summed E-state index contributed by atoms with van der Waals surface area (Å²) in [5.74, 6) is 0. The monoisotopic (exact) mass is 321 g/mol. The molecule has 0 aromatic heterocycles. The molecule has 21 heavy (non-hydrogen) atoms. The van der Waals surface area contributed by atoms with Crippen LogP contribution in [0, 0.1) is 0 Å². The highest BCUT2D eigenvalue weighted by Gasteiger charge is 2.07. The minimum Gasteiger partial charge on any atom is -0.295 e. The Morgan fingerprint density at radius 1 is 0.762 bits per heavy atom. The Morgan fingerprint density at radius 3 is 1.57 bits per heavy atom.